The maximum absolute atomic E-state index is 14.2. The molecule has 0 saturated carbocycles. The lowest BCUT2D eigenvalue weighted by Gasteiger charge is -2.35. The fraction of sp³-hybridized carbons (Fsp3) is 0.333. The van der Waals surface area contributed by atoms with Crippen LogP contribution in [0.1, 0.15) is 45.8 Å². The average Bonchev–Trinajstić information content (AvgIpc) is 3.81. The summed E-state index contributed by atoms with van der Waals surface area (Å²) in [5, 5.41) is 20.6. The maximum atomic E-state index is 14.2. The number of rotatable bonds is 9. The van der Waals surface area contributed by atoms with Gasteiger partial charge in [0, 0.05) is 32.2 Å². The maximum Gasteiger partial charge on any atom is 0.416 e. The second-order valence-corrected chi connectivity index (χ2v) is 13.5. The molecule has 1 N–H and O–H groups in total. The molecule has 0 atom stereocenters. The number of likely N-dealkylation sites (N-methyl/N-ethyl adjacent to an activating group) is 1. The number of aryl methyl sites for hydroxylation is 1. The zero-order valence-electron chi connectivity index (χ0n) is 29.4. The molecule has 6 rings (SSSR count). The smallest absolute Gasteiger partial charge is 0.416 e. The van der Waals surface area contributed by atoms with Crippen LogP contribution in [0, 0.1) is 18.3 Å². The molecule has 0 unspecified atom stereocenters. The lowest BCUT2D eigenvalue weighted by molar-refractivity contribution is -0.896. The predicted octanol–water partition coefficient (Wildman–Crippen LogP) is 1.22. The Kier molecular flexibility index (Phi) is 11.0. The number of aromatic nitrogens is 5. The molecule has 3 aromatic heterocycles. The third-order valence-electron chi connectivity index (χ3n) is 9.05. The highest BCUT2D eigenvalue weighted by Gasteiger charge is 2.34. The van der Waals surface area contributed by atoms with Crippen molar-refractivity contribution < 1.29 is 44.2 Å². The number of benzene rings is 2. The molecule has 17 heteroatoms. The van der Waals surface area contributed by atoms with E-state index in [1.165, 1.54) is 34.7 Å². The van der Waals surface area contributed by atoms with Gasteiger partial charge in [0.1, 0.15) is 29.3 Å². The summed E-state index contributed by atoms with van der Waals surface area (Å²) in [7, 11) is 5.36. The highest BCUT2D eigenvalue weighted by molar-refractivity contribution is 6.00. The average molecular weight is 752 g/mol. The molecule has 1 aliphatic heterocycles. The summed E-state index contributed by atoms with van der Waals surface area (Å²) in [6.07, 6.45) is -2.33. The number of likely N-dealkylation sites (tertiary alicyclic amines) is 1. The molecular weight excluding hydrogens is 715 g/mol. The molecule has 1 aliphatic rings. The minimum Gasteiger partial charge on any atom is -1.00 e. The molecule has 4 heterocycles. The van der Waals surface area contributed by atoms with Crippen LogP contribution < -0.4 is 23.3 Å². The van der Waals surface area contributed by atoms with Gasteiger partial charge in [0.15, 0.2) is 6.54 Å². The first kappa shape index (κ1) is 38.6. The van der Waals surface area contributed by atoms with E-state index in [4.69, 9.17) is 4.52 Å². The molecule has 0 bridgehead atoms. The Morgan fingerprint density at radius 2 is 1.75 bits per heavy atom. The molecule has 0 spiro atoms. The van der Waals surface area contributed by atoms with E-state index in [0.717, 1.165) is 22.5 Å². The molecule has 0 radical (unpaired) electrons. The van der Waals surface area contributed by atoms with Crippen LogP contribution in [0.25, 0.3) is 22.8 Å². The molecule has 13 nitrogen and oxygen atoms in total. The van der Waals surface area contributed by atoms with E-state index < -0.39 is 23.2 Å². The molecule has 5 aromatic rings. The molecule has 2 amide bonds. The van der Waals surface area contributed by atoms with Crippen LogP contribution in [-0.4, -0.2) is 85.3 Å². The molecule has 53 heavy (non-hydrogen) atoms. The number of alkyl halides is 3. The largest absolute Gasteiger partial charge is 1.00 e. The summed E-state index contributed by atoms with van der Waals surface area (Å²) in [4.78, 5) is 43.3. The third kappa shape index (κ3) is 8.21. The number of nitriles is 1. The monoisotopic (exact) mass is 751 g/mol. The normalized spacial score (nSPS) is 13.7. The van der Waals surface area contributed by atoms with Gasteiger partial charge in [-0.05, 0) is 68.3 Å². The van der Waals surface area contributed by atoms with Gasteiger partial charge in [0.25, 0.3) is 17.4 Å². The fourth-order valence-electron chi connectivity index (χ4n) is 6.56. The van der Waals surface area contributed by atoms with Crippen LogP contribution in [0.3, 0.4) is 0 Å². The van der Waals surface area contributed by atoms with Crippen molar-refractivity contribution in [2.24, 2.45) is 7.05 Å². The number of quaternary nitrogens is 1. The van der Waals surface area contributed by atoms with Gasteiger partial charge in [0.2, 0.25) is 0 Å². The molecule has 2 aromatic carbocycles. The number of nitrogens with one attached hydrogen (secondary N) is 1. The van der Waals surface area contributed by atoms with Gasteiger partial charge in [-0.25, -0.2) is 9.36 Å². The second-order valence-electron chi connectivity index (χ2n) is 13.5. The van der Waals surface area contributed by atoms with Crippen molar-refractivity contribution in [1.29, 1.82) is 5.26 Å². The quantitative estimate of drug-likeness (QED) is 0.223. The number of piperidine rings is 1. The number of hydrogen-bond acceptors (Lipinski definition) is 7. The first-order valence-electron chi connectivity index (χ1n) is 16.5. The van der Waals surface area contributed by atoms with E-state index >= 15 is 0 Å². The van der Waals surface area contributed by atoms with E-state index in [9.17, 15) is 32.8 Å². The molecule has 0 aliphatic carbocycles. The lowest BCUT2D eigenvalue weighted by Crippen LogP contribution is -3.00. The topological polar surface area (TPSA) is 144 Å². The van der Waals surface area contributed by atoms with E-state index in [0.29, 0.717) is 59.7 Å². The van der Waals surface area contributed by atoms with E-state index in [2.05, 4.69) is 21.6 Å². The van der Waals surface area contributed by atoms with Crippen LogP contribution in [-0.2, 0) is 24.6 Å². The van der Waals surface area contributed by atoms with Gasteiger partial charge in [-0.1, -0.05) is 11.2 Å². The number of nitrogens with zero attached hydrogens (tertiary/aromatic N) is 8. The van der Waals surface area contributed by atoms with Gasteiger partial charge in [-0.3, -0.25) is 19.1 Å². The SMILES string of the molecule is Cc1cc(C[N+](C)(C)CC(=O)N2CCC(NC(=O)c3c(-c4ccnn4-c4ccc(C#N)cc4)n(C)n(-c4cccc(C(F)(F)F)c4)c3=O)CC2)no1.[Cl-]. The Morgan fingerprint density at radius 3 is 2.38 bits per heavy atom. The van der Waals surface area contributed by atoms with Crippen molar-refractivity contribution in [1.82, 2.24) is 34.5 Å². The van der Waals surface area contributed by atoms with Gasteiger partial charge in [-0.2, -0.15) is 23.5 Å². The summed E-state index contributed by atoms with van der Waals surface area (Å²) in [6.45, 7) is 3.32. The van der Waals surface area contributed by atoms with Crippen LogP contribution in [0.4, 0.5) is 13.2 Å². The first-order chi connectivity index (χ1) is 24.6. The summed E-state index contributed by atoms with van der Waals surface area (Å²) in [5.74, 6) is -0.0562. The third-order valence-corrected chi connectivity index (χ3v) is 9.05. The fourth-order valence-corrected chi connectivity index (χ4v) is 6.56. The van der Waals surface area contributed by atoms with E-state index in [1.54, 1.807) is 35.2 Å². The summed E-state index contributed by atoms with van der Waals surface area (Å²) >= 11 is 0. The van der Waals surface area contributed by atoms with Crippen molar-refractivity contribution in [2.45, 2.75) is 38.5 Å². The predicted molar refractivity (Wildman–Crippen MR) is 182 cm³/mol. The first-order valence-corrected chi connectivity index (χ1v) is 16.5. The van der Waals surface area contributed by atoms with Gasteiger partial charge >= 0.3 is 6.18 Å². The van der Waals surface area contributed by atoms with Crippen LogP contribution in [0.5, 0.6) is 0 Å². The highest BCUT2D eigenvalue weighted by Crippen LogP contribution is 2.31. The number of hydrogen-bond donors (Lipinski definition) is 1. The minimum atomic E-state index is -4.66. The van der Waals surface area contributed by atoms with Crippen LogP contribution in [0.15, 0.2) is 76.2 Å². The Balaban J connectivity index is 0.00000541. The van der Waals surface area contributed by atoms with E-state index in [-0.39, 0.29) is 47.8 Å². The zero-order valence-corrected chi connectivity index (χ0v) is 30.1. The minimum absolute atomic E-state index is 0. The van der Waals surface area contributed by atoms with Crippen molar-refractivity contribution in [2.75, 3.05) is 33.7 Å². The Morgan fingerprint density at radius 1 is 1.06 bits per heavy atom. The van der Waals surface area contributed by atoms with Gasteiger partial charge in [0.05, 0.1) is 54.6 Å². The van der Waals surface area contributed by atoms with Crippen molar-refractivity contribution in [3.63, 3.8) is 0 Å². The van der Waals surface area contributed by atoms with E-state index in [1.807, 2.05) is 27.1 Å². The lowest BCUT2D eigenvalue weighted by atomic mass is 10.0. The van der Waals surface area contributed by atoms with Crippen LogP contribution >= 0.6 is 0 Å². The summed E-state index contributed by atoms with van der Waals surface area (Å²) in [6, 6.07) is 15.9. The Labute approximate surface area is 308 Å². The van der Waals surface area contributed by atoms with Crippen molar-refractivity contribution in [3.8, 4) is 28.8 Å². The Hall–Kier alpha value is -5.66. The summed E-state index contributed by atoms with van der Waals surface area (Å²) in [5.41, 5.74) is -0.00282. The van der Waals surface area contributed by atoms with Crippen molar-refractivity contribution in [3.05, 3.63) is 105 Å². The molecular formula is C36H37ClF3N9O4. The van der Waals surface area contributed by atoms with Gasteiger partial charge < -0.3 is 31.6 Å². The summed E-state index contributed by atoms with van der Waals surface area (Å²) < 4.78 is 50.5. The standard InChI is InChI=1S/C36H36F3N9O4.ClH/c1-23-18-27(43-52-23)21-48(3,4)22-31(49)45-16-13-26(14-17-45)42-34(50)32-33(30-12-15-41-46(30)28-10-8-24(20-40)9-11-28)44(2)47(35(32)51)29-7-5-6-25(19-29)36(37,38)39;/h5-12,15,18-19,26H,13-14,16-17,21-22H2,1-4H3;1H. The zero-order chi connectivity index (χ0) is 37.4. The Bertz CT molecular complexity index is 2220. The second kappa shape index (κ2) is 15.1. The highest BCUT2D eigenvalue weighted by atomic mass is 35.5. The molecule has 278 valence electrons. The number of carbonyl (C=O) groups excluding carboxylic acids is 2. The van der Waals surface area contributed by atoms with Crippen LogP contribution in [0.2, 0.25) is 0 Å². The van der Waals surface area contributed by atoms with Crippen molar-refractivity contribution >= 4 is 11.8 Å². The van der Waals surface area contributed by atoms with Gasteiger partial charge in [-0.15, -0.1) is 0 Å². The number of amides is 2. The molecule has 1 fully saturated rings. The number of carbonyl (C=O) groups is 2. The number of halogens is 4. The molecule has 1 saturated heterocycles.